The molecule has 0 bridgehead atoms. The van der Waals surface area contributed by atoms with Gasteiger partial charge in [0.25, 0.3) is 0 Å². The molecule has 1 aliphatic rings. The van der Waals surface area contributed by atoms with Crippen molar-refractivity contribution in [1.82, 2.24) is 9.21 Å². The summed E-state index contributed by atoms with van der Waals surface area (Å²) in [5.74, 6) is -2.24. The van der Waals surface area contributed by atoms with Crippen LogP contribution in [0.3, 0.4) is 0 Å². The number of hydrogen-bond donors (Lipinski definition) is 0. The standard InChI is InChI=1S/C17H24F2N2O4S/c1-17(2,3)25-16(22)21-10-8-12(9-11-21)20(4)26(23,24)15-13(18)6-5-7-14(15)19/h5-7,12H,8-11H2,1-4H3. The monoisotopic (exact) mass is 390 g/mol. The number of carbonyl (C=O) groups excluding carboxylic acids is 1. The molecule has 6 nitrogen and oxygen atoms in total. The van der Waals surface area contributed by atoms with Gasteiger partial charge in [-0.2, -0.15) is 4.31 Å². The molecule has 0 aromatic heterocycles. The van der Waals surface area contributed by atoms with Crippen LogP contribution in [0.5, 0.6) is 0 Å². The molecule has 0 atom stereocenters. The Morgan fingerprint density at radius 3 is 2.15 bits per heavy atom. The molecule has 2 rings (SSSR count). The van der Waals surface area contributed by atoms with Crippen molar-refractivity contribution in [2.24, 2.45) is 0 Å². The number of ether oxygens (including phenoxy) is 1. The largest absolute Gasteiger partial charge is 0.444 e. The first kappa shape index (κ1) is 20.6. The first-order valence-corrected chi connectivity index (χ1v) is 9.77. The van der Waals surface area contributed by atoms with Gasteiger partial charge in [-0.15, -0.1) is 0 Å². The maximum absolute atomic E-state index is 13.9. The van der Waals surface area contributed by atoms with Crippen molar-refractivity contribution < 1.29 is 26.7 Å². The van der Waals surface area contributed by atoms with E-state index in [1.165, 1.54) is 11.9 Å². The van der Waals surface area contributed by atoms with Gasteiger partial charge in [0.1, 0.15) is 17.2 Å². The zero-order chi connectivity index (χ0) is 19.7. The second kappa shape index (κ2) is 7.48. The number of amides is 1. The highest BCUT2D eigenvalue weighted by molar-refractivity contribution is 7.89. The smallest absolute Gasteiger partial charge is 0.410 e. The van der Waals surface area contributed by atoms with E-state index < -0.39 is 44.3 Å². The van der Waals surface area contributed by atoms with Crippen LogP contribution in [-0.2, 0) is 14.8 Å². The normalized spacial score (nSPS) is 16.8. The predicted molar refractivity (Wildman–Crippen MR) is 92.1 cm³/mol. The Hall–Kier alpha value is -1.74. The molecule has 146 valence electrons. The lowest BCUT2D eigenvalue weighted by Crippen LogP contribution is -2.48. The van der Waals surface area contributed by atoms with Gasteiger partial charge in [-0.3, -0.25) is 0 Å². The molecule has 0 radical (unpaired) electrons. The molecule has 0 aliphatic carbocycles. The van der Waals surface area contributed by atoms with Gasteiger partial charge in [-0.1, -0.05) is 6.07 Å². The van der Waals surface area contributed by atoms with Crippen LogP contribution in [0.4, 0.5) is 13.6 Å². The van der Waals surface area contributed by atoms with Crippen molar-refractivity contribution in [3.63, 3.8) is 0 Å². The SMILES string of the molecule is CN(C1CCN(C(=O)OC(C)(C)C)CC1)S(=O)(=O)c1c(F)cccc1F. The third-order valence-electron chi connectivity index (χ3n) is 4.19. The first-order valence-electron chi connectivity index (χ1n) is 8.33. The van der Waals surface area contributed by atoms with Crippen LogP contribution in [0.2, 0.25) is 0 Å². The van der Waals surface area contributed by atoms with Gasteiger partial charge < -0.3 is 9.64 Å². The van der Waals surface area contributed by atoms with Gasteiger partial charge >= 0.3 is 6.09 Å². The minimum atomic E-state index is -4.32. The van der Waals surface area contributed by atoms with Crippen LogP contribution in [0.15, 0.2) is 23.1 Å². The Kier molecular flexibility index (Phi) is 5.92. The summed E-state index contributed by atoms with van der Waals surface area (Å²) in [6.07, 6.45) is 0.248. The highest BCUT2D eigenvalue weighted by Gasteiger charge is 2.36. The Bertz CT molecular complexity index is 749. The fourth-order valence-electron chi connectivity index (χ4n) is 2.81. The molecule has 1 aromatic rings. The van der Waals surface area contributed by atoms with E-state index in [0.717, 1.165) is 22.5 Å². The molecule has 1 fully saturated rings. The minimum absolute atomic E-state index is 0.305. The van der Waals surface area contributed by atoms with Gasteiger partial charge in [0.15, 0.2) is 4.90 Å². The molecular weight excluding hydrogens is 366 g/mol. The lowest BCUT2D eigenvalue weighted by molar-refractivity contribution is 0.0183. The number of likely N-dealkylation sites (tertiary alicyclic amines) is 1. The van der Waals surface area contributed by atoms with Crippen molar-refractivity contribution in [3.8, 4) is 0 Å². The molecule has 1 heterocycles. The number of halogens is 2. The van der Waals surface area contributed by atoms with Crippen LogP contribution in [-0.4, -0.2) is 55.5 Å². The number of hydrogen-bond acceptors (Lipinski definition) is 4. The Balaban J connectivity index is 2.08. The van der Waals surface area contributed by atoms with Crippen LogP contribution in [0, 0.1) is 11.6 Å². The molecule has 0 N–H and O–H groups in total. The van der Waals surface area contributed by atoms with E-state index >= 15 is 0 Å². The van der Waals surface area contributed by atoms with E-state index in [1.807, 2.05) is 0 Å². The highest BCUT2D eigenvalue weighted by atomic mass is 32.2. The lowest BCUT2D eigenvalue weighted by atomic mass is 10.1. The molecule has 9 heteroatoms. The van der Waals surface area contributed by atoms with E-state index in [4.69, 9.17) is 4.74 Å². The van der Waals surface area contributed by atoms with E-state index in [1.54, 1.807) is 20.8 Å². The number of nitrogens with zero attached hydrogens (tertiary/aromatic N) is 2. The van der Waals surface area contributed by atoms with E-state index in [-0.39, 0.29) is 0 Å². The van der Waals surface area contributed by atoms with Crippen LogP contribution in [0.25, 0.3) is 0 Å². The van der Waals surface area contributed by atoms with Crippen LogP contribution < -0.4 is 0 Å². The van der Waals surface area contributed by atoms with E-state index in [0.29, 0.717) is 25.9 Å². The topological polar surface area (TPSA) is 66.9 Å². The summed E-state index contributed by atoms with van der Waals surface area (Å²) in [5.41, 5.74) is -0.615. The molecule has 0 saturated carbocycles. The average molecular weight is 390 g/mol. The molecule has 1 amide bonds. The van der Waals surface area contributed by atoms with E-state index in [9.17, 15) is 22.0 Å². The van der Waals surface area contributed by atoms with Crippen LogP contribution >= 0.6 is 0 Å². The molecule has 0 spiro atoms. The first-order chi connectivity index (χ1) is 11.9. The van der Waals surface area contributed by atoms with Gasteiger partial charge in [0.05, 0.1) is 0 Å². The predicted octanol–water partition coefficient (Wildman–Crippen LogP) is 2.98. The molecular formula is C17H24F2N2O4S. The van der Waals surface area contributed by atoms with Crippen LogP contribution in [0.1, 0.15) is 33.6 Å². The fraction of sp³-hybridized carbons (Fsp3) is 0.588. The second-order valence-corrected chi connectivity index (χ2v) is 9.20. The third kappa shape index (κ3) is 4.50. The van der Waals surface area contributed by atoms with Crippen molar-refractivity contribution in [3.05, 3.63) is 29.8 Å². The van der Waals surface area contributed by atoms with Crippen molar-refractivity contribution in [2.75, 3.05) is 20.1 Å². The Morgan fingerprint density at radius 1 is 1.19 bits per heavy atom. The van der Waals surface area contributed by atoms with E-state index in [2.05, 4.69) is 0 Å². The number of rotatable bonds is 3. The molecule has 0 unspecified atom stereocenters. The second-order valence-electron chi connectivity index (χ2n) is 7.27. The maximum Gasteiger partial charge on any atom is 0.410 e. The van der Waals surface area contributed by atoms with Crippen molar-refractivity contribution in [1.29, 1.82) is 0 Å². The number of benzene rings is 1. The lowest BCUT2D eigenvalue weighted by Gasteiger charge is -2.36. The minimum Gasteiger partial charge on any atom is -0.444 e. The highest BCUT2D eigenvalue weighted by Crippen LogP contribution is 2.26. The Morgan fingerprint density at radius 2 is 1.69 bits per heavy atom. The van der Waals surface area contributed by atoms with Gasteiger partial charge in [0, 0.05) is 26.2 Å². The maximum atomic E-state index is 13.9. The summed E-state index contributed by atoms with van der Waals surface area (Å²) in [7, 11) is -3.02. The summed E-state index contributed by atoms with van der Waals surface area (Å²) < 4.78 is 59.3. The molecule has 1 aliphatic heterocycles. The summed E-state index contributed by atoms with van der Waals surface area (Å²) in [4.78, 5) is 12.6. The van der Waals surface area contributed by atoms with Gasteiger partial charge in [0.2, 0.25) is 10.0 Å². The molecule has 1 aromatic carbocycles. The van der Waals surface area contributed by atoms with Crippen molar-refractivity contribution >= 4 is 16.1 Å². The molecule has 26 heavy (non-hydrogen) atoms. The molecule has 1 saturated heterocycles. The number of piperidine rings is 1. The van der Waals surface area contributed by atoms with Gasteiger partial charge in [-0.05, 0) is 45.7 Å². The van der Waals surface area contributed by atoms with Crippen molar-refractivity contribution in [2.45, 2.75) is 50.2 Å². The Labute approximate surface area is 152 Å². The quantitative estimate of drug-likeness (QED) is 0.796. The average Bonchev–Trinajstić information content (AvgIpc) is 2.52. The zero-order valence-electron chi connectivity index (χ0n) is 15.3. The summed E-state index contributed by atoms with van der Waals surface area (Å²) in [5, 5.41) is 0. The summed E-state index contributed by atoms with van der Waals surface area (Å²) in [6.45, 7) is 5.90. The number of carbonyl (C=O) groups is 1. The van der Waals surface area contributed by atoms with Gasteiger partial charge in [-0.25, -0.2) is 22.0 Å². The fourth-order valence-corrected chi connectivity index (χ4v) is 4.33. The summed E-state index contributed by atoms with van der Waals surface area (Å²) >= 11 is 0. The number of sulfonamides is 1. The zero-order valence-corrected chi connectivity index (χ0v) is 16.1. The summed E-state index contributed by atoms with van der Waals surface area (Å²) in [6, 6.07) is 2.48. The third-order valence-corrected chi connectivity index (χ3v) is 6.15.